The fraction of sp³-hybridized carbons (Fsp3) is 0. The molecule has 56 heavy (non-hydrogen) atoms. The first-order valence-electron chi connectivity index (χ1n) is 18.7. The number of fused-ring (bicyclic) bond motifs is 6. The van der Waals surface area contributed by atoms with Crippen LogP contribution < -0.4 is 0 Å². The number of aromatic nitrogens is 6. The standard InChI is InChI=1S/C50H32N6/c1-4-15-33(16-5-1)47-52-48(34-17-6-2-7-18-34)54-49(53-47)36-19-12-22-38(31-36)55-43-26-11-10-23-41(43)46-39(24-13-27-45(46)55)35-28-29-44-42(32-35)40-25-14-30-51-50(40)56(44)37-20-8-3-9-21-37/h1-32H. The van der Waals surface area contributed by atoms with Gasteiger partial charge in [0.25, 0.3) is 0 Å². The van der Waals surface area contributed by atoms with Crippen LogP contribution in [-0.2, 0) is 0 Å². The fourth-order valence-electron chi connectivity index (χ4n) is 8.11. The Kier molecular flexibility index (Phi) is 7.38. The lowest BCUT2D eigenvalue weighted by Gasteiger charge is -2.12. The van der Waals surface area contributed by atoms with Crippen molar-refractivity contribution >= 4 is 43.7 Å². The van der Waals surface area contributed by atoms with Gasteiger partial charge in [-0.05, 0) is 71.8 Å². The van der Waals surface area contributed by atoms with E-state index in [0.717, 1.165) is 61.2 Å². The van der Waals surface area contributed by atoms with Gasteiger partial charge in [0.15, 0.2) is 17.5 Å². The van der Waals surface area contributed by atoms with Gasteiger partial charge in [-0.15, -0.1) is 0 Å². The molecule has 262 valence electrons. The molecule has 0 radical (unpaired) electrons. The minimum atomic E-state index is 0.624. The predicted octanol–water partition coefficient (Wildman–Crippen LogP) is 12.1. The lowest BCUT2D eigenvalue weighted by molar-refractivity contribution is 1.07. The van der Waals surface area contributed by atoms with Crippen molar-refractivity contribution in [3.63, 3.8) is 0 Å². The van der Waals surface area contributed by atoms with Crippen LogP contribution in [0.4, 0.5) is 0 Å². The molecule has 0 saturated heterocycles. The summed E-state index contributed by atoms with van der Waals surface area (Å²) in [6.45, 7) is 0. The number of nitrogens with zero attached hydrogens (tertiary/aromatic N) is 6. The first kappa shape index (κ1) is 31.8. The van der Waals surface area contributed by atoms with Gasteiger partial charge in [0.1, 0.15) is 5.65 Å². The molecule has 0 bridgehead atoms. The third-order valence-electron chi connectivity index (χ3n) is 10.6. The molecule has 0 aliphatic carbocycles. The summed E-state index contributed by atoms with van der Waals surface area (Å²) < 4.78 is 4.62. The first-order chi connectivity index (χ1) is 27.8. The summed E-state index contributed by atoms with van der Waals surface area (Å²) in [7, 11) is 0. The molecule has 0 saturated carbocycles. The molecule has 4 heterocycles. The van der Waals surface area contributed by atoms with E-state index in [0.29, 0.717) is 17.5 Å². The molecule has 0 spiro atoms. The van der Waals surface area contributed by atoms with Crippen LogP contribution in [0.25, 0.3) is 100 Å². The lowest BCUT2D eigenvalue weighted by atomic mass is 9.98. The summed E-state index contributed by atoms with van der Waals surface area (Å²) in [5.74, 6) is 1.90. The maximum absolute atomic E-state index is 5.03. The van der Waals surface area contributed by atoms with Crippen LogP contribution in [0.3, 0.4) is 0 Å². The zero-order valence-electron chi connectivity index (χ0n) is 30.2. The van der Waals surface area contributed by atoms with Crippen molar-refractivity contribution in [3.8, 4) is 56.7 Å². The summed E-state index contributed by atoms with van der Waals surface area (Å²) in [5.41, 5.74) is 11.6. The second-order valence-electron chi connectivity index (χ2n) is 13.9. The topological polar surface area (TPSA) is 61.4 Å². The summed E-state index contributed by atoms with van der Waals surface area (Å²) in [4.78, 5) is 19.8. The molecular formula is C50H32N6. The molecule has 4 aromatic heterocycles. The average Bonchev–Trinajstić information content (AvgIpc) is 3.80. The number of benzene rings is 7. The maximum Gasteiger partial charge on any atom is 0.164 e. The molecule has 0 amide bonds. The SMILES string of the molecule is c1ccc(-c2nc(-c3ccccc3)nc(-c3cccc(-n4c5ccccc5c5c(-c6ccc7c(c6)c6cccnc6n7-c6ccccc6)cccc54)c3)n2)cc1. The van der Waals surface area contributed by atoms with Gasteiger partial charge >= 0.3 is 0 Å². The zero-order valence-corrected chi connectivity index (χ0v) is 30.2. The normalized spacial score (nSPS) is 11.6. The number of para-hydroxylation sites is 2. The number of hydrogen-bond acceptors (Lipinski definition) is 4. The van der Waals surface area contributed by atoms with E-state index in [1.807, 2.05) is 79.0 Å². The fourth-order valence-corrected chi connectivity index (χ4v) is 8.11. The van der Waals surface area contributed by atoms with Gasteiger partial charge in [-0.25, -0.2) is 19.9 Å². The van der Waals surface area contributed by atoms with Crippen LogP contribution in [0, 0.1) is 0 Å². The van der Waals surface area contributed by atoms with Crippen molar-refractivity contribution < 1.29 is 0 Å². The lowest BCUT2D eigenvalue weighted by Crippen LogP contribution is -2.01. The highest BCUT2D eigenvalue weighted by molar-refractivity contribution is 6.17. The number of rotatable bonds is 6. The average molecular weight is 717 g/mol. The second kappa shape index (κ2) is 13.0. The van der Waals surface area contributed by atoms with Gasteiger partial charge in [-0.1, -0.05) is 127 Å². The molecule has 0 unspecified atom stereocenters. The van der Waals surface area contributed by atoms with Crippen molar-refractivity contribution in [1.82, 2.24) is 29.1 Å². The molecule has 0 atom stereocenters. The highest BCUT2D eigenvalue weighted by Crippen LogP contribution is 2.41. The van der Waals surface area contributed by atoms with Gasteiger partial charge in [0.2, 0.25) is 0 Å². The summed E-state index contributed by atoms with van der Waals surface area (Å²) in [6, 6.07) is 65.5. The molecule has 7 aromatic carbocycles. The zero-order chi connectivity index (χ0) is 37.0. The van der Waals surface area contributed by atoms with Crippen molar-refractivity contribution in [2.24, 2.45) is 0 Å². The largest absolute Gasteiger partial charge is 0.309 e. The predicted molar refractivity (Wildman–Crippen MR) is 228 cm³/mol. The van der Waals surface area contributed by atoms with Gasteiger partial charge in [-0.3, -0.25) is 4.57 Å². The summed E-state index contributed by atoms with van der Waals surface area (Å²) >= 11 is 0. The molecule has 11 rings (SSSR count). The first-order valence-corrected chi connectivity index (χ1v) is 18.7. The third-order valence-corrected chi connectivity index (χ3v) is 10.6. The van der Waals surface area contributed by atoms with Gasteiger partial charge < -0.3 is 4.57 Å². The van der Waals surface area contributed by atoms with E-state index in [1.165, 1.54) is 21.7 Å². The maximum atomic E-state index is 5.03. The molecule has 11 aromatic rings. The van der Waals surface area contributed by atoms with Crippen LogP contribution in [0.1, 0.15) is 0 Å². The van der Waals surface area contributed by atoms with E-state index in [9.17, 15) is 0 Å². The molecule has 6 heteroatoms. The number of hydrogen-bond donors (Lipinski definition) is 0. The van der Waals surface area contributed by atoms with E-state index in [-0.39, 0.29) is 0 Å². The Morgan fingerprint density at radius 3 is 1.66 bits per heavy atom. The van der Waals surface area contributed by atoms with Crippen LogP contribution in [-0.4, -0.2) is 29.1 Å². The summed E-state index contributed by atoms with van der Waals surface area (Å²) in [5, 5.41) is 4.69. The van der Waals surface area contributed by atoms with Gasteiger partial charge in [0, 0.05) is 55.8 Å². The van der Waals surface area contributed by atoms with E-state index in [1.54, 1.807) is 0 Å². The monoisotopic (exact) mass is 716 g/mol. The van der Waals surface area contributed by atoms with Gasteiger partial charge in [-0.2, -0.15) is 0 Å². The minimum absolute atomic E-state index is 0.624. The van der Waals surface area contributed by atoms with Crippen LogP contribution >= 0.6 is 0 Å². The Balaban J connectivity index is 1.09. The van der Waals surface area contributed by atoms with Gasteiger partial charge in [0.05, 0.1) is 16.6 Å². The van der Waals surface area contributed by atoms with Crippen molar-refractivity contribution in [1.29, 1.82) is 0 Å². The molecule has 0 aliphatic rings. The molecule has 0 aliphatic heterocycles. The number of pyridine rings is 1. The van der Waals surface area contributed by atoms with Crippen LogP contribution in [0.15, 0.2) is 194 Å². The Bertz CT molecular complexity index is 3180. The van der Waals surface area contributed by atoms with Crippen molar-refractivity contribution in [3.05, 3.63) is 194 Å². The Hall–Kier alpha value is -7.70. The van der Waals surface area contributed by atoms with E-state index in [4.69, 9.17) is 19.9 Å². The van der Waals surface area contributed by atoms with Crippen LogP contribution in [0.2, 0.25) is 0 Å². The molecule has 6 nitrogen and oxygen atoms in total. The molecule has 0 N–H and O–H groups in total. The minimum Gasteiger partial charge on any atom is -0.309 e. The Labute approximate surface area is 322 Å². The van der Waals surface area contributed by atoms with Crippen LogP contribution in [0.5, 0.6) is 0 Å². The summed E-state index contributed by atoms with van der Waals surface area (Å²) in [6.07, 6.45) is 1.87. The molecule has 0 fully saturated rings. The van der Waals surface area contributed by atoms with E-state index in [2.05, 4.69) is 124 Å². The quantitative estimate of drug-likeness (QED) is 0.172. The van der Waals surface area contributed by atoms with E-state index >= 15 is 0 Å². The smallest absolute Gasteiger partial charge is 0.164 e. The van der Waals surface area contributed by atoms with E-state index < -0.39 is 0 Å². The second-order valence-corrected chi connectivity index (χ2v) is 13.9. The highest BCUT2D eigenvalue weighted by atomic mass is 15.1. The van der Waals surface area contributed by atoms with Crippen molar-refractivity contribution in [2.45, 2.75) is 0 Å². The highest BCUT2D eigenvalue weighted by Gasteiger charge is 2.19. The third kappa shape index (κ3) is 5.19. The Morgan fingerprint density at radius 2 is 0.911 bits per heavy atom. The Morgan fingerprint density at radius 1 is 0.339 bits per heavy atom. The molecular weight excluding hydrogens is 685 g/mol. The van der Waals surface area contributed by atoms with Crippen molar-refractivity contribution in [2.75, 3.05) is 0 Å².